The number of rotatable bonds is 7. The number of nitrogens with zero attached hydrogens (tertiary/aromatic N) is 2. The molecule has 154 valence electrons. The molecule has 1 unspecified atom stereocenters. The van der Waals surface area contributed by atoms with Crippen LogP contribution in [0.3, 0.4) is 0 Å². The number of urea groups is 1. The number of ether oxygens (including phenoxy) is 1. The summed E-state index contributed by atoms with van der Waals surface area (Å²) < 4.78 is 32.9. The number of imide groups is 1. The first-order chi connectivity index (χ1) is 13.2. The highest BCUT2D eigenvalue weighted by Crippen LogP contribution is 2.25. The van der Waals surface area contributed by atoms with Gasteiger partial charge in [-0.05, 0) is 25.3 Å². The van der Waals surface area contributed by atoms with Gasteiger partial charge >= 0.3 is 6.03 Å². The third kappa shape index (κ3) is 4.56. The van der Waals surface area contributed by atoms with Gasteiger partial charge in [-0.3, -0.25) is 10.1 Å². The first-order valence-electron chi connectivity index (χ1n) is 9.14. The largest absolute Gasteiger partial charge is 0.474 e. The zero-order valence-electron chi connectivity index (χ0n) is 15.5. The van der Waals surface area contributed by atoms with Gasteiger partial charge in [0, 0.05) is 25.4 Å². The molecule has 0 saturated carbocycles. The summed E-state index contributed by atoms with van der Waals surface area (Å²) in [6, 6.07) is 2.69. The molecule has 2 N–H and O–H groups in total. The maximum Gasteiger partial charge on any atom is 0.322 e. The Morgan fingerprint density at radius 2 is 2.04 bits per heavy atom. The van der Waals surface area contributed by atoms with Gasteiger partial charge in [0.2, 0.25) is 15.9 Å². The number of carbonyl (C=O) groups excluding carboxylic acids is 2. The highest BCUT2D eigenvalue weighted by molar-refractivity contribution is 7.89. The van der Waals surface area contributed by atoms with E-state index in [1.807, 2.05) is 6.92 Å². The number of carbonyl (C=O) groups is 2. The first-order valence-corrected chi connectivity index (χ1v) is 11.1. The van der Waals surface area contributed by atoms with Crippen LogP contribution >= 0.6 is 11.6 Å². The molecule has 2 saturated heterocycles. The standard InChI is InChI=1S/C17H23ClN4O5S/c1-2-7-17(15(23)20-16(24)21-17)11-28(25,26)22-8-5-13(6-9-22)27-14-4-3-12(18)10-19-14/h3-4,10,13H,2,5-9,11H2,1H3,(H2,20,21,23,24). The van der Waals surface area contributed by atoms with Crippen molar-refractivity contribution in [3.05, 3.63) is 23.4 Å². The second-order valence-corrected chi connectivity index (χ2v) is 9.43. The Labute approximate surface area is 168 Å². The highest BCUT2D eigenvalue weighted by atomic mass is 35.5. The Morgan fingerprint density at radius 3 is 2.57 bits per heavy atom. The average molecular weight is 431 g/mol. The van der Waals surface area contributed by atoms with Crippen LogP contribution in [-0.2, 0) is 14.8 Å². The van der Waals surface area contributed by atoms with E-state index in [2.05, 4.69) is 15.6 Å². The summed E-state index contributed by atoms with van der Waals surface area (Å²) in [5.74, 6) is -0.594. The molecule has 9 nitrogen and oxygen atoms in total. The summed E-state index contributed by atoms with van der Waals surface area (Å²) in [5.41, 5.74) is -1.41. The van der Waals surface area contributed by atoms with E-state index in [9.17, 15) is 18.0 Å². The number of amides is 3. The Hall–Kier alpha value is -1.91. The quantitative estimate of drug-likeness (QED) is 0.629. The summed E-state index contributed by atoms with van der Waals surface area (Å²) >= 11 is 5.80. The fourth-order valence-electron chi connectivity index (χ4n) is 3.54. The molecule has 0 radical (unpaired) electrons. The van der Waals surface area contributed by atoms with Gasteiger partial charge in [-0.2, -0.15) is 0 Å². The minimum atomic E-state index is -3.74. The van der Waals surface area contributed by atoms with Gasteiger partial charge in [0.1, 0.15) is 11.6 Å². The minimum Gasteiger partial charge on any atom is -0.474 e. The van der Waals surface area contributed by atoms with Gasteiger partial charge in [0.05, 0.1) is 10.8 Å². The average Bonchev–Trinajstić information content (AvgIpc) is 2.90. The lowest BCUT2D eigenvalue weighted by atomic mass is 9.96. The summed E-state index contributed by atoms with van der Waals surface area (Å²) in [6.07, 6.45) is 3.16. The van der Waals surface area contributed by atoms with Crippen LogP contribution in [0, 0.1) is 0 Å². The Morgan fingerprint density at radius 1 is 1.32 bits per heavy atom. The third-order valence-corrected chi connectivity index (χ3v) is 7.14. The molecule has 3 amide bonds. The molecule has 0 aliphatic carbocycles. The van der Waals surface area contributed by atoms with Crippen LogP contribution in [-0.4, -0.2) is 60.1 Å². The van der Waals surface area contributed by atoms with E-state index in [0.717, 1.165) is 0 Å². The molecule has 2 fully saturated rings. The van der Waals surface area contributed by atoms with E-state index >= 15 is 0 Å². The van der Waals surface area contributed by atoms with Crippen LogP contribution < -0.4 is 15.4 Å². The number of halogens is 1. The third-order valence-electron chi connectivity index (χ3n) is 4.90. The molecule has 1 aromatic rings. The lowest BCUT2D eigenvalue weighted by Gasteiger charge is -2.34. The molecule has 0 spiro atoms. The van der Waals surface area contributed by atoms with Gasteiger partial charge in [0.15, 0.2) is 0 Å². The predicted octanol–water partition coefficient (Wildman–Crippen LogP) is 1.29. The fraction of sp³-hybridized carbons (Fsp3) is 0.588. The van der Waals surface area contributed by atoms with E-state index < -0.39 is 33.3 Å². The SMILES string of the molecule is CCCC1(CS(=O)(=O)N2CCC(Oc3ccc(Cl)cn3)CC2)NC(=O)NC1=O. The molecular formula is C17H23ClN4O5S. The van der Waals surface area contributed by atoms with Crippen LogP contribution in [0.2, 0.25) is 5.02 Å². The second-order valence-electron chi connectivity index (χ2n) is 7.03. The summed E-state index contributed by atoms with van der Waals surface area (Å²) in [4.78, 5) is 27.9. The highest BCUT2D eigenvalue weighted by Gasteiger charge is 2.49. The van der Waals surface area contributed by atoms with Crippen molar-refractivity contribution in [2.75, 3.05) is 18.8 Å². The van der Waals surface area contributed by atoms with Gasteiger partial charge < -0.3 is 10.1 Å². The number of sulfonamides is 1. The van der Waals surface area contributed by atoms with Gasteiger partial charge in [-0.25, -0.2) is 22.5 Å². The van der Waals surface area contributed by atoms with E-state index in [0.29, 0.717) is 30.2 Å². The zero-order chi connectivity index (χ0) is 20.4. The molecule has 2 aliphatic rings. The first kappa shape index (κ1) is 20.8. The molecule has 0 bridgehead atoms. The van der Waals surface area contributed by atoms with Crippen molar-refractivity contribution in [1.29, 1.82) is 0 Å². The van der Waals surface area contributed by atoms with E-state index in [1.54, 1.807) is 12.1 Å². The predicted molar refractivity (Wildman–Crippen MR) is 103 cm³/mol. The van der Waals surface area contributed by atoms with Crippen LogP contribution in [0.25, 0.3) is 0 Å². The molecule has 2 aliphatic heterocycles. The van der Waals surface area contributed by atoms with E-state index in [4.69, 9.17) is 16.3 Å². The summed E-state index contributed by atoms with van der Waals surface area (Å²) in [5, 5.41) is 5.17. The Bertz CT molecular complexity index is 840. The lowest BCUT2D eigenvalue weighted by Crippen LogP contribution is -2.55. The van der Waals surface area contributed by atoms with Crippen molar-refractivity contribution in [3.8, 4) is 5.88 Å². The van der Waals surface area contributed by atoms with Crippen LogP contribution in [0.5, 0.6) is 5.88 Å². The van der Waals surface area contributed by atoms with Gasteiger partial charge in [0.25, 0.3) is 5.91 Å². The fourth-order valence-corrected chi connectivity index (χ4v) is 5.57. The number of nitrogens with one attached hydrogen (secondary N) is 2. The number of piperidine rings is 1. The van der Waals surface area contributed by atoms with Gasteiger partial charge in [-0.1, -0.05) is 24.9 Å². The van der Waals surface area contributed by atoms with E-state index in [-0.39, 0.29) is 25.6 Å². The number of pyridine rings is 1. The van der Waals surface area contributed by atoms with E-state index in [1.165, 1.54) is 10.5 Å². The number of aromatic nitrogens is 1. The minimum absolute atomic E-state index is 0.154. The number of hydrogen-bond donors (Lipinski definition) is 2. The van der Waals surface area contributed by atoms with Crippen molar-refractivity contribution < 1.29 is 22.7 Å². The second kappa shape index (κ2) is 8.22. The normalized spacial score (nSPS) is 24.1. The maximum absolute atomic E-state index is 12.9. The number of hydrogen-bond acceptors (Lipinski definition) is 6. The van der Waals surface area contributed by atoms with Crippen molar-refractivity contribution in [1.82, 2.24) is 19.9 Å². The van der Waals surface area contributed by atoms with Crippen molar-refractivity contribution in [3.63, 3.8) is 0 Å². The lowest BCUT2D eigenvalue weighted by molar-refractivity contribution is -0.123. The van der Waals surface area contributed by atoms with Crippen LogP contribution in [0.15, 0.2) is 18.3 Å². The van der Waals surface area contributed by atoms with Crippen LogP contribution in [0.4, 0.5) is 4.79 Å². The summed E-state index contributed by atoms with van der Waals surface area (Å²) in [6.45, 7) is 2.39. The van der Waals surface area contributed by atoms with Crippen molar-refractivity contribution >= 4 is 33.6 Å². The van der Waals surface area contributed by atoms with Crippen molar-refractivity contribution in [2.45, 2.75) is 44.2 Å². The van der Waals surface area contributed by atoms with Gasteiger partial charge in [-0.15, -0.1) is 0 Å². The zero-order valence-corrected chi connectivity index (χ0v) is 17.1. The monoisotopic (exact) mass is 430 g/mol. The molecule has 11 heteroatoms. The smallest absolute Gasteiger partial charge is 0.322 e. The molecule has 3 rings (SSSR count). The maximum atomic E-state index is 12.9. The topological polar surface area (TPSA) is 118 Å². The van der Waals surface area contributed by atoms with Crippen LogP contribution in [0.1, 0.15) is 32.6 Å². The molecular weight excluding hydrogens is 408 g/mol. The molecule has 1 atom stereocenters. The molecule has 0 aromatic carbocycles. The Balaban J connectivity index is 1.61. The Kier molecular flexibility index (Phi) is 6.11. The molecule has 1 aromatic heterocycles. The summed E-state index contributed by atoms with van der Waals surface area (Å²) in [7, 11) is -3.74. The molecule has 28 heavy (non-hydrogen) atoms. The molecule has 3 heterocycles. The van der Waals surface area contributed by atoms with Crippen molar-refractivity contribution in [2.24, 2.45) is 0 Å².